The van der Waals surface area contributed by atoms with E-state index >= 15 is 0 Å². The molecule has 0 bridgehead atoms. The number of aromatic nitrogens is 2. The van der Waals surface area contributed by atoms with Crippen LogP contribution in [0.25, 0.3) is 71.6 Å². The first-order valence-corrected chi connectivity index (χ1v) is 17.0. The van der Waals surface area contributed by atoms with Crippen LogP contribution in [-0.4, -0.2) is 18.0 Å². The van der Waals surface area contributed by atoms with Crippen molar-refractivity contribution in [3.8, 4) is 39.1 Å². The van der Waals surface area contributed by atoms with E-state index in [-0.39, 0.29) is 0 Å². The molecule has 2 heterocycles. The highest BCUT2D eigenvalue weighted by Crippen LogP contribution is 2.46. The van der Waals surface area contributed by atoms with Gasteiger partial charge in [0.1, 0.15) is 5.82 Å². The minimum atomic E-state index is -3.78. The molecule has 0 spiro atoms. The van der Waals surface area contributed by atoms with Crippen molar-refractivity contribution in [2.75, 3.05) is 0 Å². The van der Waals surface area contributed by atoms with Crippen LogP contribution in [0.4, 0.5) is 0 Å². The normalized spacial score (nSPS) is 13.3. The molecule has 0 saturated heterocycles. The summed E-state index contributed by atoms with van der Waals surface area (Å²) in [7, 11) is -3.78. The molecular weight excluding hydrogens is 585 g/mol. The fourth-order valence-corrected chi connectivity index (χ4v) is 8.92. The van der Waals surface area contributed by atoms with Gasteiger partial charge in [0.05, 0.1) is 26.5 Å². The van der Waals surface area contributed by atoms with E-state index in [2.05, 4.69) is 110 Å². The number of rotatable bonds is 4. The van der Waals surface area contributed by atoms with Crippen molar-refractivity contribution in [1.29, 1.82) is 0 Å². The molecule has 0 saturated carbocycles. The molecule has 4 nitrogen and oxygen atoms in total. The summed E-state index contributed by atoms with van der Waals surface area (Å²) in [5.41, 5.74) is 8.59. The molecule has 7 aromatic carbocycles. The molecule has 1 aliphatic heterocycles. The Kier molecular flexibility index (Phi) is 5.83. The number of benzene rings is 7. The molecule has 1 aromatic heterocycles. The average Bonchev–Trinajstić information content (AvgIpc) is 3.49. The lowest BCUT2D eigenvalue weighted by Crippen LogP contribution is -2.16. The van der Waals surface area contributed by atoms with Gasteiger partial charge in [-0.1, -0.05) is 122 Å². The van der Waals surface area contributed by atoms with Gasteiger partial charge in [-0.2, -0.15) is 0 Å². The van der Waals surface area contributed by atoms with Crippen LogP contribution in [0.2, 0.25) is 0 Å². The number of para-hydroxylation sites is 1. The van der Waals surface area contributed by atoms with E-state index in [0.717, 1.165) is 44.1 Å². The lowest BCUT2D eigenvalue weighted by atomic mass is 9.85. The number of hydrogen-bond acceptors (Lipinski definition) is 3. The molecule has 5 heteroatoms. The minimum Gasteiger partial charge on any atom is -0.294 e. The van der Waals surface area contributed by atoms with E-state index in [1.54, 1.807) is 12.1 Å². The van der Waals surface area contributed by atoms with Gasteiger partial charge in [-0.3, -0.25) is 4.57 Å². The van der Waals surface area contributed by atoms with Crippen molar-refractivity contribution in [2.45, 2.75) is 23.1 Å². The van der Waals surface area contributed by atoms with Crippen LogP contribution in [0, 0.1) is 0 Å². The summed E-state index contributed by atoms with van der Waals surface area (Å²) in [6.45, 7) is 2.05. The Bertz CT molecular complexity index is 2560. The van der Waals surface area contributed by atoms with Crippen molar-refractivity contribution < 1.29 is 8.42 Å². The fraction of sp³-hybridized carbons (Fsp3) is 0.0488. The van der Waals surface area contributed by atoms with Crippen LogP contribution in [0.3, 0.4) is 0 Å². The van der Waals surface area contributed by atoms with Gasteiger partial charge in [-0.05, 0) is 79.2 Å². The Morgan fingerprint density at radius 1 is 0.543 bits per heavy atom. The van der Waals surface area contributed by atoms with Crippen LogP contribution in [0.1, 0.15) is 12.7 Å². The third-order valence-electron chi connectivity index (χ3n) is 9.31. The fourth-order valence-electron chi connectivity index (χ4n) is 7.26. The smallest absolute Gasteiger partial charge is 0.210 e. The summed E-state index contributed by atoms with van der Waals surface area (Å²) in [5.74, 6) is 0.852. The quantitative estimate of drug-likeness (QED) is 0.186. The highest BCUT2D eigenvalue weighted by molar-refractivity contribution is 7.92. The lowest BCUT2D eigenvalue weighted by Gasteiger charge is -2.23. The Morgan fingerprint density at radius 3 is 1.72 bits per heavy atom. The zero-order chi connectivity index (χ0) is 31.0. The summed E-state index contributed by atoms with van der Waals surface area (Å²) in [5, 5.41) is 4.41. The molecule has 0 radical (unpaired) electrons. The standard InChI is InChI=1S/C41H28N2O2S/c1-2-38-42-34-17-10-18-36-41(34)43(38)35-24-23-29(25-37(35)46(36,44)45)40-32-15-8-6-13-30(32)39(31-14-7-9-16-33(31)40)28-21-19-27(20-22-28)26-11-4-3-5-12-26/h3-25H,2H2,1H3. The highest BCUT2D eigenvalue weighted by Gasteiger charge is 2.33. The number of sulfone groups is 1. The van der Waals surface area contributed by atoms with E-state index in [9.17, 15) is 8.42 Å². The Balaban J connectivity index is 1.30. The van der Waals surface area contributed by atoms with Gasteiger partial charge in [-0.25, -0.2) is 13.4 Å². The first-order valence-electron chi connectivity index (χ1n) is 15.5. The number of imidazole rings is 1. The molecule has 8 aromatic rings. The van der Waals surface area contributed by atoms with Gasteiger partial charge >= 0.3 is 0 Å². The maximum Gasteiger partial charge on any atom is 0.210 e. The molecule has 0 fully saturated rings. The highest BCUT2D eigenvalue weighted by atomic mass is 32.2. The molecule has 1 aliphatic rings. The first kappa shape index (κ1) is 26.8. The monoisotopic (exact) mass is 612 g/mol. The van der Waals surface area contributed by atoms with Crippen LogP contribution in [0.5, 0.6) is 0 Å². The first-order chi connectivity index (χ1) is 22.5. The second-order valence-electron chi connectivity index (χ2n) is 11.8. The SMILES string of the molecule is CCc1nc2cccc3c2n1-c1ccc(-c2c4ccccc4c(-c4ccc(-c5ccccc5)cc4)c4ccccc24)cc1S3(=O)=O. The topological polar surface area (TPSA) is 52.0 Å². The average molecular weight is 613 g/mol. The maximum absolute atomic E-state index is 14.2. The van der Waals surface area contributed by atoms with Gasteiger partial charge in [0, 0.05) is 6.42 Å². The van der Waals surface area contributed by atoms with Crippen molar-refractivity contribution in [1.82, 2.24) is 9.55 Å². The van der Waals surface area contributed by atoms with Gasteiger partial charge < -0.3 is 0 Å². The van der Waals surface area contributed by atoms with Crippen LogP contribution in [-0.2, 0) is 16.3 Å². The summed E-state index contributed by atoms with van der Waals surface area (Å²) >= 11 is 0. The molecule has 0 N–H and O–H groups in total. The molecule has 46 heavy (non-hydrogen) atoms. The third kappa shape index (κ3) is 3.79. The molecule has 220 valence electrons. The van der Waals surface area contributed by atoms with Crippen molar-refractivity contribution in [2.24, 2.45) is 0 Å². The van der Waals surface area contributed by atoms with Crippen LogP contribution < -0.4 is 0 Å². The summed E-state index contributed by atoms with van der Waals surface area (Å²) < 4.78 is 30.5. The molecule has 0 aliphatic carbocycles. The molecule has 0 unspecified atom stereocenters. The molecular formula is C41H28N2O2S. The summed E-state index contributed by atoms with van der Waals surface area (Å²) in [6, 6.07) is 47.4. The van der Waals surface area contributed by atoms with Gasteiger partial charge in [-0.15, -0.1) is 0 Å². The van der Waals surface area contributed by atoms with Gasteiger partial charge in [0.2, 0.25) is 9.84 Å². The second-order valence-corrected chi connectivity index (χ2v) is 13.7. The molecule has 0 amide bonds. The van der Waals surface area contributed by atoms with E-state index in [0.29, 0.717) is 32.9 Å². The van der Waals surface area contributed by atoms with Crippen LogP contribution in [0.15, 0.2) is 149 Å². The Morgan fingerprint density at radius 2 is 1.09 bits per heavy atom. The second kappa shape index (κ2) is 9.99. The zero-order valence-electron chi connectivity index (χ0n) is 25.1. The van der Waals surface area contributed by atoms with Gasteiger partial charge in [0.25, 0.3) is 0 Å². The van der Waals surface area contributed by atoms with E-state index in [1.165, 1.54) is 16.7 Å². The lowest BCUT2D eigenvalue weighted by molar-refractivity contribution is 0.594. The van der Waals surface area contributed by atoms with Crippen LogP contribution >= 0.6 is 0 Å². The van der Waals surface area contributed by atoms with E-state index < -0.39 is 9.84 Å². The predicted octanol–water partition coefficient (Wildman–Crippen LogP) is 10.0. The summed E-state index contributed by atoms with van der Waals surface area (Å²) in [6.07, 6.45) is 0.693. The van der Waals surface area contributed by atoms with Crippen molar-refractivity contribution in [3.05, 3.63) is 145 Å². The maximum atomic E-state index is 14.2. The van der Waals surface area contributed by atoms with E-state index in [4.69, 9.17) is 4.98 Å². The van der Waals surface area contributed by atoms with Crippen molar-refractivity contribution in [3.63, 3.8) is 0 Å². The summed E-state index contributed by atoms with van der Waals surface area (Å²) in [4.78, 5) is 5.41. The van der Waals surface area contributed by atoms with E-state index in [1.807, 2.05) is 28.8 Å². The van der Waals surface area contributed by atoms with Gasteiger partial charge in [0.15, 0.2) is 0 Å². The number of fused-ring (bicyclic) bond motifs is 4. The number of aryl methyl sites for hydroxylation is 1. The minimum absolute atomic E-state index is 0.311. The molecule has 0 atom stereocenters. The molecule has 9 rings (SSSR count). The third-order valence-corrected chi connectivity index (χ3v) is 11.1. The Labute approximate surface area is 267 Å². The number of nitrogens with zero attached hydrogens (tertiary/aromatic N) is 2. The number of hydrogen-bond donors (Lipinski definition) is 0. The predicted molar refractivity (Wildman–Crippen MR) is 187 cm³/mol. The zero-order valence-corrected chi connectivity index (χ0v) is 25.9. The van der Waals surface area contributed by atoms with Crippen molar-refractivity contribution >= 4 is 42.4 Å². The Hall–Kier alpha value is -5.52. The largest absolute Gasteiger partial charge is 0.294 e.